The molecule has 0 spiro atoms. The minimum atomic E-state index is -0.753. The molecule has 122 valence electrons. The van der Waals surface area contributed by atoms with Crippen molar-refractivity contribution in [1.82, 2.24) is 9.88 Å². The average molecular weight is 309 g/mol. The molecule has 1 aromatic rings. The van der Waals surface area contributed by atoms with E-state index in [0.29, 0.717) is 0 Å². The highest BCUT2D eigenvalue weighted by Crippen LogP contribution is 2.26. The van der Waals surface area contributed by atoms with E-state index < -0.39 is 10.8 Å². The van der Waals surface area contributed by atoms with Gasteiger partial charge in [0.25, 0.3) is 11.6 Å². The number of pyridine rings is 1. The summed E-state index contributed by atoms with van der Waals surface area (Å²) < 4.78 is 0. The van der Waals surface area contributed by atoms with E-state index in [9.17, 15) is 14.9 Å². The van der Waals surface area contributed by atoms with E-state index in [1.807, 2.05) is 21.0 Å². The maximum atomic E-state index is 11.5. The van der Waals surface area contributed by atoms with Crippen LogP contribution in [0.2, 0.25) is 0 Å². The van der Waals surface area contributed by atoms with Crippen LogP contribution in [0.25, 0.3) is 0 Å². The van der Waals surface area contributed by atoms with E-state index >= 15 is 0 Å². The summed E-state index contributed by atoms with van der Waals surface area (Å²) in [6.07, 6.45) is 1.11. The number of nitro groups is 1. The Balaban J connectivity index is 3.07. The van der Waals surface area contributed by atoms with Crippen LogP contribution in [0.4, 0.5) is 11.5 Å². The normalized spacial score (nSPS) is 13.0. The van der Waals surface area contributed by atoms with Crippen molar-refractivity contribution < 1.29 is 9.72 Å². The number of carbonyl (C=O) groups is 1. The number of carbonyl (C=O) groups excluding carboxylic acids is 1. The number of nitrogens with two attached hydrogens (primary N) is 1. The van der Waals surface area contributed by atoms with E-state index in [-0.39, 0.29) is 28.5 Å². The third kappa shape index (κ3) is 4.39. The van der Waals surface area contributed by atoms with Crippen LogP contribution in [0, 0.1) is 15.5 Å². The Morgan fingerprint density at radius 3 is 2.59 bits per heavy atom. The number of nitrogens with one attached hydrogen (secondary N) is 1. The van der Waals surface area contributed by atoms with Gasteiger partial charge in [-0.2, -0.15) is 0 Å². The summed E-state index contributed by atoms with van der Waals surface area (Å²) in [5, 5.41) is 13.9. The smallest absolute Gasteiger partial charge is 0.288 e. The molecule has 1 aromatic heterocycles. The fourth-order valence-corrected chi connectivity index (χ4v) is 2.21. The maximum absolute atomic E-state index is 11.5. The van der Waals surface area contributed by atoms with E-state index in [1.54, 1.807) is 0 Å². The zero-order valence-electron chi connectivity index (χ0n) is 13.6. The van der Waals surface area contributed by atoms with Gasteiger partial charge in [-0.25, -0.2) is 4.98 Å². The van der Waals surface area contributed by atoms with Crippen molar-refractivity contribution in [3.05, 3.63) is 27.9 Å². The predicted molar refractivity (Wildman–Crippen MR) is 84.8 cm³/mol. The molecule has 0 bridgehead atoms. The first-order chi connectivity index (χ1) is 10.0. The summed E-state index contributed by atoms with van der Waals surface area (Å²) in [6.45, 7) is 6.96. The summed E-state index contributed by atoms with van der Waals surface area (Å²) in [5.74, 6) is -0.492. The molecule has 8 heteroatoms. The second-order valence-electron chi connectivity index (χ2n) is 6.30. The van der Waals surface area contributed by atoms with Gasteiger partial charge in [0.15, 0.2) is 0 Å². The molecule has 1 heterocycles. The highest BCUT2D eigenvalue weighted by atomic mass is 16.6. The quantitative estimate of drug-likeness (QED) is 0.582. The lowest BCUT2D eigenvalue weighted by atomic mass is 9.85. The Labute approximate surface area is 129 Å². The summed E-state index contributed by atoms with van der Waals surface area (Å²) in [4.78, 5) is 27.7. The molecule has 1 unspecified atom stereocenters. The number of anilines is 1. The molecular weight excluding hydrogens is 286 g/mol. The van der Waals surface area contributed by atoms with Gasteiger partial charge in [0.1, 0.15) is 12.0 Å². The van der Waals surface area contributed by atoms with E-state index in [2.05, 4.69) is 29.0 Å². The van der Waals surface area contributed by atoms with Crippen LogP contribution in [-0.4, -0.2) is 47.4 Å². The highest BCUT2D eigenvalue weighted by molar-refractivity contribution is 5.98. The van der Waals surface area contributed by atoms with Crippen molar-refractivity contribution in [3.8, 4) is 0 Å². The third-order valence-corrected chi connectivity index (χ3v) is 3.60. The molecule has 0 saturated heterocycles. The lowest BCUT2D eigenvalue weighted by Gasteiger charge is -2.35. The van der Waals surface area contributed by atoms with Gasteiger partial charge in [-0.15, -0.1) is 0 Å². The Morgan fingerprint density at radius 2 is 2.14 bits per heavy atom. The number of primary amides is 1. The van der Waals surface area contributed by atoms with Gasteiger partial charge in [0.05, 0.1) is 10.5 Å². The van der Waals surface area contributed by atoms with Crippen LogP contribution in [0.3, 0.4) is 0 Å². The molecular formula is C14H23N5O3. The van der Waals surface area contributed by atoms with Crippen molar-refractivity contribution in [2.75, 3.05) is 26.0 Å². The lowest BCUT2D eigenvalue weighted by Crippen LogP contribution is -2.41. The molecule has 0 aliphatic heterocycles. The number of rotatable bonds is 7. The van der Waals surface area contributed by atoms with Gasteiger partial charge >= 0.3 is 0 Å². The Bertz CT molecular complexity index is 572. The van der Waals surface area contributed by atoms with E-state index in [1.165, 1.54) is 0 Å². The lowest BCUT2D eigenvalue weighted by molar-refractivity contribution is -0.385. The SMILES string of the molecule is CC(Nc1ncc([N+](=O)[O-])cc1C(N)=O)C(C)(C)CN(C)C. The van der Waals surface area contributed by atoms with Crippen LogP contribution in [0.5, 0.6) is 0 Å². The topological polar surface area (TPSA) is 114 Å². The predicted octanol–water partition coefficient (Wildman–Crippen LogP) is 1.48. The molecule has 0 aromatic carbocycles. The fraction of sp³-hybridized carbons (Fsp3) is 0.571. The van der Waals surface area contributed by atoms with Crippen molar-refractivity contribution >= 4 is 17.4 Å². The number of amides is 1. The van der Waals surface area contributed by atoms with E-state index in [4.69, 9.17) is 5.73 Å². The van der Waals surface area contributed by atoms with Gasteiger partial charge < -0.3 is 16.0 Å². The maximum Gasteiger partial charge on any atom is 0.288 e. The molecule has 3 N–H and O–H groups in total. The second kappa shape index (κ2) is 6.69. The van der Waals surface area contributed by atoms with Crippen LogP contribution in [0.15, 0.2) is 12.3 Å². The summed E-state index contributed by atoms with van der Waals surface area (Å²) in [6, 6.07) is 1.12. The summed E-state index contributed by atoms with van der Waals surface area (Å²) in [7, 11) is 3.96. The molecule has 0 radical (unpaired) electrons. The van der Waals surface area contributed by atoms with E-state index in [0.717, 1.165) is 18.8 Å². The average Bonchev–Trinajstić information content (AvgIpc) is 2.36. The van der Waals surface area contributed by atoms with Crippen LogP contribution in [-0.2, 0) is 0 Å². The number of nitrogens with zero attached hydrogens (tertiary/aromatic N) is 3. The van der Waals surface area contributed by atoms with Gasteiger partial charge in [-0.1, -0.05) is 13.8 Å². The second-order valence-corrected chi connectivity index (χ2v) is 6.30. The number of aromatic nitrogens is 1. The minimum Gasteiger partial charge on any atom is -0.366 e. The van der Waals surface area contributed by atoms with Crippen molar-refractivity contribution in [3.63, 3.8) is 0 Å². The first-order valence-electron chi connectivity index (χ1n) is 6.90. The first-order valence-corrected chi connectivity index (χ1v) is 6.90. The van der Waals surface area contributed by atoms with Gasteiger partial charge in [-0.05, 0) is 26.4 Å². The zero-order chi connectivity index (χ0) is 17.1. The standard InChI is InChI=1S/C14H23N5O3/c1-9(14(2,3)8-18(4)5)17-13-11(12(15)20)6-10(7-16-13)19(21)22/h6-7,9H,8H2,1-5H3,(H2,15,20)(H,16,17). The number of hydrogen-bond donors (Lipinski definition) is 2. The van der Waals surface area contributed by atoms with Crippen molar-refractivity contribution in [1.29, 1.82) is 0 Å². The summed E-state index contributed by atoms with van der Waals surface area (Å²) >= 11 is 0. The van der Waals surface area contributed by atoms with Gasteiger partial charge in [0.2, 0.25) is 0 Å². The minimum absolute atomic E-state index is 0.0155. The largest absolute Gasteiger partial charge is 0.366 e. The Morgan fingerprint density at radius 1 is 1.55 bits per heavy atom. The Kier molecular flexibility index (Phi) is 5.43. The van der Waals surface area contributed by atoms with Crippen molar-refractivity contribution in [2.24, 2.45) is 11.1 Å². The molecule has 1 amide bonds. The van der Waals surface area contributed by atoms with Crippen LogP contribution < -0.4 is 11.1 Å². The van der Waals surface area contributed by atoms with Crippen LogP contribution >= 0.6 is 0 Å². The van der Waals surface area contributed by atoms with Gasteiger partial charge in [0, 0.05) is 18.7 Å². The Hall–Kier alpha value is -2.22. The fourth-order valence-electron chi connectivity index (χ4n) is 2.21. The van der Waals surface area contributed by atoms with Crippen molar-refractivity contribution in [2.45, 2.75) is 26.8 Å². The molecule has 1 rings (SSSR count). The molecule has 0 aliphatic carbocycles. The third-order valence-electron chi connectivity index (χ3n) is 3.60. The van der Waals surface area contributed by atoms with Crippen LogP contribution in [0.1, 0.15) is 31.1 Å². The molecule has 0 fully saturated rings. The first kappa shape index (κ1) is 17.8. The molecule has 22 heavy (non-hydrogen) atoms. The van der Waals surface area contributed by atoms with Gasteiger partial charge in [-0.3, -0.25) is 14.9 Å². The molecule has 0 saturated carbocycles. The molecule has 0 aliphatic rings. The highest BCUT2D eigenvalue weighted by Gasteiger charge is 2.28. The molecule has 1 atom stereocenters. The zero-order valence-corrected chi connectivity index (χ0v) is 13.6. The monoisotopic (exact) mass is 309 g/mol. The number of hydrogen-bond acceptors (Lipinski definition) is 6. The molecule has 8 nitrogen and oxygen atoms in total. The summed E-state index contributed by atoms with van der Waals surface area (Å²) in [5.41, 5.74) is 4.94.